The Balaban J connectivity index is 2.47. The van der Waals surface area contributed by atoms with Crippen LogP contribution >= 0.6 is 0 Å². The number of hydrogen-bond donors (Lipinski definition) is 1. The number of anilines is 1. The van der Waals surface area contributed by atoms with E-state index in [1.54, 1.807) is 0 Å². The fourth-order valence-corrected chi connectivity index (χ4v) is 2.30. The highest BCUT2D eigenvalue weighted by Crippen LogP contribution is 2.42. The van der Waals surface area contributed by atoms with Gasteiger partial charge in [0, 0.05) is 18.7 Å². The van der Waals surface area contributed by atoms with E-state index in [9.17, 15) is 35.9 Å². The fourth-order valence-electron chi connectivity index (χ4n) is 2.30. The summed E-state index contributed by atoms with van der Waals surface area (Å²) in [5, 5.41) is 8.82. The van der Waals surface area contributed by atoms with E-state index in [0.29, 0.717) is 0 Å². The first-order chi connectivity index (χ1) is 10.4. The van der Waals surface area contributed by atoms with Gasteiger partial charge in [0.25, 0.3) is 0 Å². The van der Waals surface area contributed by atoms with Crippen LogP contribution in [0.3, 0.4) is 0 Å². The zero-order valence-electron chi connectivity index (χ0n) is 11.2. The van der Waals surface area contributed by atoms with E-state index in [4.69, 9.17) is 5.11 Å². The van der Waals surface area contributed by atoms with Crippen molar-refractivity contribution in [1.82, 2.24) is 0 Å². The lowest BCUT2D eigenvalue weighted by molar-refractivity contribution is -0.162. The predicted molar refractivity (Wildman–Crippen MR) is 64.5 cm³/mol. The van der Waals surface area contributed by atoms with Gasteiger partial charge in [0.2, 0.25) is 5.91 Å². The van der Waals surface area contributed by atoms with E-state index in [0.717, 1.165) is 11.0 Å². The molecule has 1 aliphatic heterocycles. The van der Waals surface area contributed by atoms with Crippen LogP contribution < -0.4 is 4.90 Å². The van der Waals surface area contributed by atoms with Gasteiger partial charge < -0.3 is 10.0 Å². The molecule has 1 aromatic carbocycles. The van der Waals surface area contributed by atoms with Gasteiger partial charge >= 0.3 is 18.3 Å². The van der Waals surface area contributed by atoms with Gasteiger partial charge in [-0.25, -0.2) is 0 Å². The highest BCUT2D eigenvalue weighted by molar-refractivity contribution is 5.99. The van der Waals surface area contributed by atoms with Crippen molar-refractivity contribution >= 4 is 17.6 Å². The van der Waals surface area contributed by atoms with Crippen molar-refractivity contribution in [2.24, 2.45) is 5.92 Å². The van der Waals surface area contributed by atoms with Gasteiger partial charge in [-0.15, -0.1) is 0 Å². The molecule has 0 radical (unpaired) electrons. The van der Waals surface area contributed by atoms with Crippen LogP contribution in [0.4, 0.5) is 32.0 Å². The Hall–Kier alpha value is -2.26. The molecule has 1 heterocycles. The normalized spacial score (nSPS) is 19.3. The average Bonchev–Trinajstić information content (AvgIpc) is 2.78. The lowest BCUT2D eigenvalue weighted by atomic mass is 10.0. The molecule has 1 aromatic rings. The maximum Gasteiger partial charge on any atom is 0.417 e. The summed E-state index contributed by atoms with van der Waals surface area (Å²) in [5.41, 5.74) is -4.21. The minimum absolute atomic E-state index is 0.213. The number of benzene rings is 1. The van der Waals surface area contributed by atoms with E-state index in [2.05, 4.69) is 0 Å². The first-order valence-electron chi connectivity index (χ1n) is 6.23. The van der Waals surface area contributed by atoms with Crippen LogP contribution in [0, 0.1) is 5.92 Å². The molecule has 1 fully saturated rings. The third-order valence-electron chi connectivity index (χ3n) is 3.40. The van der Waals surface area contributed by atoms with Crippen LogP contribution in [-0.4, -0.2) is 23.5 Å². The van der Waals surface area contributed by atoms with Crippen LogP contribution in [0.15, 0.2) is 18.2 Å². The van der Waals surface area contributed by atoms with Crippen LogP contribution in [0.25, 0.3) is 0 Å². The first kappa shape index (κ1) is 17.1. The van der Waals surface area contributed by atoms with Gasteiger partial charge in [-0.1, -0.05) is 0 Å². The molecule has 0 saturated carbocycles. The molecule has 2 rings (SSSR count). The van der Waals surface area contributed by atoms with E-state index in [1.807, 2.05) is 0 Å². The second-order valence-electron chi connectivity index (χ2n) is 4.97. The number of rotatable bonds is 2. The zero-order chi connectivity index (χ0) is 17.6. The quantitative estimate of drug-likeness (QED) is 0.841. The molecule has 0 spiro atoms. The van der Waals surface area contributed by atoms with Crippen molar-refractivity contribution in [1.29, 1.82) is 0 Å². The molecular weight excluding hydrogens is 332 g/mol. The monoisotopic (exact) mass is 341 g/mol. The Labute approximate surface area is 125 Å². The lowest BCUT2D eigenvalue weighted by Crippen LogP contribution is -2.27. The molecule has 126 valence electrons. The molecule has 1 atom stereocenters. The van der Waals surface area contributed by atoms with Crippen LogP contribution in [0.2, 0.25) is 0 Å². The van der Waals surface area contributed by atoms with Gasteiger partial charge in [-0.2, -0.15) is 26.3 Å². The van der Waals surface area contributed by atoms with Crippen molar-refractivity contribution in [2.75, 3.05) is 11.4 Å². The number of aliphatic carboxylic acids is 1. The number of amides is 1. The third kappa shape index (κ3) is 3.40. The number of halogens is 6. The maximum absolute atomic E-state index is 12.9. The van der Waals surface area contributed by atoms with Crippen molar-refractivity contribution < 1.29 is 41.0 Å². The van der Waals surface area contributed by atoms with E-state index < -0.39 is 59.9 Å². The van der Waals surface area contributed by atoms with Crippen LogP contribution in [-0.2, 0) is 21.9 Å². The molecule has 0 bridgehead atoms. The van der Waals surface area contributed by atoms with Crippen molar-refractivity contribution in [2.45, 2.75) is 18.8 Å². The lowest BCUT2D eigenvalue weighted by Gasteiger charge is -2.21. The number of carbonyl (C=O) groups is 2. The molecule has 0 aliphatic carbocycles. The minimum atomic E-state index is -5.27. The molecule has 1 amide bonds. The summed E-state index contributed by atoms with van der Waals surface area (Å²) in [4.78, 5) is 23.3. The molecule has 0 aromatic heterocycles. The molecular formula is C13H9F6NO3. The van der Waals surface area contributed by atoms with Gasteiger partial charge in [0.05, 0.1) is 17.0 Å². The van der Waals surface area contributed by atoms with E-state index in [1.165, 1.54) is 0 Å². The molecule has 1 N–H and O–H groups in total. The Morgan fingerprint density at radius 3 is 2.09 bits per heavy atom. The summed E-state index contributed by atoms with van der Waals surface area (Å²) in [5.74, 6) is -3.17. The summed E-state index contributed by atoms with van der Waals surface area (Å²) >= 11 is 0. The van der Waals surface area contributed by atoms with Crippen molar-refractivity contribution in [3.8, 4) is 0 Å². The number of alkyl halides is 6. The van der Waals surface area contributed by atoms with Crippen LogP contribution in [0.5, 0.6) is 0 Å². The summed E-state index contributed by atoms with van der Waals surface area (Å²) in [6, 6.07) is 1.17. The Kier molecular flexibility index (Phi) is 4.03. The molecule has 23 heavy (non-hydrogen) atoms. The van der Waals surface area contributed by atoms with Crippen LogP contribution in [0.1, 0.15) is 17.5 Å². The van der Waals surface area contributed by atoms with Gasteiger partial charge in [-0.05, 0) is 18.2 Å². The van der Waals surface area contributed by atoms with Crippen molar-refractivity contribution in [3.05, 3.63) is 29.3 Å². The standard InChI is InChI=1S/C13H9F6NO3/c14-12(15,16)8-2-1-7(4-9(8)13(17,18)19)20-5-6(11(22)23)3-10(20)21/h1-2,4,6H,3,5H2,(H,22,23). The molecule has 10 heteroatoms. The topological polar surface area (TPSA) is 57.6 Å². The molecule has 1 saturated heterocycles. The maximum atomic E-state index is 12.9. The minimum Gasteiger partial charge on any atom is -0.481 e. The third-order valence-corrected chi connectivity index (χ3v) is 3.40. The SMILES string of the molecule is O=C(O)C1CC(=O)N(c2ccc(C(F)(F)F)c(C(F)(F)F)c2)C1. The zero-order valence-corrected chi connectivity index (χ0v) is 11.2. The number of carboxylic acids is 1. The molecule has 4 nitrogen and oxygen atoms in total. The van der Waals surface area contributed by atoms with Gasteiger partial charge in [-0.3, -0.25) is 9.59 Å². The average molecular weight is 341 g/mol. The van der Waals surface area contributed by atoms with Gasteiger partial charge in [0.15, 0.2) is 0 Å². The van der Waals surface area contributed by atoms with Crippen molar-refractivity contribution in [3.63, 3.8) is 0 Å². The Bertz CT molecular complexity index is 652. The summed E-state index contributed by atoms with van der Waals surface area (Å²) in [7, 11) is 0. The number of hydrogen-bond acceptors (Lipinski definition) is 2. The number of carboxylic acid groups (broad SMARTS) is 1. The summed E-state index contributed by atoms with van der Waals surface area (Å²) < 4.78 is 76.6. The second-order valence-corrected chi connectivity index (χ2v) is 4.97. The highest BCUT2D eigenvalue weighted by atomic mass is 19.4. The van der Waals surface area contributed by atoms with E-state index in [-0.39, 0.29) is 12.1 Å². The predicted octanol–water partition coefficient (Wildman–Crippen LogP) is 3.16. The van der Waals surface area contributed by atoms with E-state index >= 15 is 0 Å². The first-order valence-corrected chi connectivity index (χ1v) is 6.23. The second kappa shape index (κ2) is 5.43. The van der Waals surface area contributed by atoms with Gasteiger partial charge in [0.1, 0.15) is 0 Å². The number of carbonyl (C=O) groups excluding carboxylic acids is 1. The summed E-state index contributed by atoms with van der Waals surface area (Å²) in [6.07, 6.45) is -10.9. The largest absolute Gasteiger partial charge is 0.481 e. The molecule has 1 unspecified atom stereocenters. The Morgan fingerprint density at radius 2 is 1.65 bits per heavy atom. The summed E-state index contributed by atoms with van der Waals surface area (Å²) in [6.45, 7) is -0.392. The fraction of sp³-hybridized carbons (Fsp3) is 0.385. The smallest absolute Gasteiger partial charge is 0.417 e. The molecule has 1 aliphatic rings. The highest BCUT2D eigenvalue weighted by Gasteiger charge is 2.44. The Morgan fingerprint density at radius 1 is 1.09 bits per heavy atom. The number of nitrogens with zero attached hydrogens (tertiary/aromatic N) is 1.